The Balaban J connectivity index is 3.07. The summed E-state index contributed by atoms with van der Waals surface area (Å²) >= 11 is 0. The van der Waals surface area contributed by atoms with Crippen molar-refractivity contribution < 1.29 is 9.18 Å². The topological polar surface area (TPSA) is 78.9 Å². The van der Waals surface area contributed by atoms with Crippen molar-refractivity contribution in [3.63, 3.8) is 0 Å². The molecule has 96 valence electrons. The standard InChI is InChI=1S/C13H16FN3O/c1-3-8(2)17-12(13(16)18)9-4-5-11(14)10(6-9)7-15/h4-6,8,12,17H,3H2,1-2H3,(H2,16,18). The fourth-order valence-corrected chi connectivity index (χ4v) is 1.55. The monoisotopic (exact) mass is 249 g/mol. The summed E-state index contributed by atoms with van der Waals surface area (Å²) < 4.78 is 13.2. The van der Waals surface area contributed by atoms with Crippen molar-refractivity contribution in [3.05, 3.63) is 35.1 Å². The number of halogens is 1. The van der Waals surface area contributed by atoms with Gasteiger partial charge in [0.15, 0.2) is 0 Å². The molecule has 0 aliphatic heterocycles. The highest BCUT2D eigenvalue weighted by Crippen LogP contribution is 2.17. The second-order valence-electron chi connectivity index (χ2n) is 4.16. The Morgan fingerprint density at radius 1 is 1.61 bits per heavy atom. The number of benzene rings is 1. The SMILES string of the molecule is CCC(C)NC(C(N)=O)c1ccc(F)c(C#N)c1. The zero-order valence-electron chi connectivity index (χ0n) is 10.4. The molecule has 0 aliphatic rings. The Labute approximate surface area is 106 Å². The van der Waals surface area contributed by atoms with Crippen LogP contribution in [-0.4, -0.2) is 11.9 Å². The maximum atomic E-state index is 13.2. The highest BCUT2D eigenvalue weighted by molar-refractivity contribution is 5.81. The number of hydrogen-bond donors (Lipinski definition) is 2. The number of carbonyl (C=O) groups excluding carboxylic acids is 1. The molecule has 0 saturated carbocycles. The van der Waals surface area contributed by atoms with Crippen LogP contribution in [-0.2, 0) is 4.79 Å². The van der Waals surface area contributed by atoms with Gasteiger partial charge in [0.1, 0.15) is 17.9 Å². The Morgan fingerprint density at radius 3 is 2.78 bits per heavy atom. The molecule has 1 rings (SSSR count). The van der Waals surface area contributed by atoms with Gasteiger partial charge in [0, 0.05) is 6.04 Å². The Bertz CT molecular complexity index is 482. The molecule has 1 amide bonds. The van der Waals surface area contributed by atoms with Crippen LogP contribution in [0.3, 0.4) is 0 Å². The van der Waals surface area contributed by atoms with Gasteiger partial charge in [0.05, 0.1) is 5.56 Å². The van der Waals surface area contributed by atoms with Crippen molar-refractivity contribution in [3.8, 4) is 6.07 Å². The zero-order valence-corrected chi connectivity index (χ0v) is 10.4. The van der Waals surface area contributed by atoms with Crippen LogP contribution in [0, 0.1) is 17.1 Å². The van der Waals surface area contributed by atoms with E-state index in [0.29, 0.717) is 5.56 Å². The summed E-state index contributed by atoms with van der Waals surface area (Å²) in [4.78, 5) is 11.4. The first-order valence-electron chi connectivity index (χ1n) is 5.74. The van der Waals surface area contributed by atoms with Gasteiger partial charge in [-0.15, -0.1) is 0 Å². The van der Waals surface area contributed by atoms with Gasteiger partial charge in [0.25, 0.3) is 0 Å². The Kier molecular flexibility index (Phi) is 4.81. The summed E-state index contributed by atoms with van der Waals surface area (Å²) in [6.45, 7) is 3.89. The number of nitrogens with one attached hydrogen (secondary N) is 1. The number of nitriles is 1. The van der Waals surface area contributed by atoms with Gasteiger partial charge in [-0.25, -0.2) is 4.39 Å². The quantitative estimate of drug-likeness (QED) is 0.832. The largest absolute Gasteiger partial charge is 0.368 e. The van der Waals surface area contributed by atoms with Gasteiger partial charge in [-0.05, 0) is 31.0 Å². The molecule has 0 fully saturated rings. The van der Waals surface area contributed by atoms with E-state index in [1.807, 2.05) is 13.8 Å². The van der Waals surface area contributed by atoms with Crippen molar-refractivity contribution in [2.45, 2.75) is 32.4 Å². The number of amides is 1. The minimum atomic E-state index is -0.715. The van der Waals surface area contributed by atoms with Crippen molar-refractivity contribution in [1.82, 2.24) is 5.32 Å². The summed E-state index contributed by atoms with van der Waals surface area (Å²) in [7, 11) is 0. The fraction of sp³-hybridized carbons (Fsp3) is 0.385. The minimum absolute atomic E-state index is 0.0929. The van der Waals surface area contributed by atoms with Crippen LogP contribution < -0.4 is 11.1 Å². The van der Waals surface area contributed by atoms with Gasteiger partial charge < -0.3 is 5.73 Å². The molecule has 4 nitrogen and oxygen atoms in total. The maximum absolute atomic E-state index is 13.2. The molecule has 1 aromatic carbocycles. The van der Waals surface area contributed by atoms with Crippen LogP contribution in [0.5, 0.6) is 0 Å². The molecule has 2 unspecified atom stereocenters. The number of rotatable bonds is 5. The molecule has 1 aromatic rings. The summed E-state index contributed by atoms with van der Waals surface area (Å²) in [5.74, 6) is -1.15. The first kappa shape index (κ1) is 14.1. The van der Waals surface area contributed by atoms with E-state index in [1.165, 1.54) is 18.2 Å². The first-order valence-corrected chi connectivity index (χ1v) is 5.74. The fourth-order valence-electron chi connectivity index (χ4n) is 1.55. The molecule has 0 spiro atoms. The number of carbonyl (C=O) groups is 1. The highest BCUT2D eigenvalue weighted by atomic mass is 19.1. The molecular formula is C13H16FN3O. The third kappa shape index (κ3) is 3.28. The number of primary amides is 1. The van der Waals surface area contributed by atoms with E-state index in [-0.39, 0.29) is 11.6 Å². The molecule has 3 N–H and O–H groups in total. The molecule has 0 aliphatic carbocycles. The van der Waals surface area contributed by atoms with E-state index in [4.69, 9.17) is 11.0 Å². The summed E-state index contributed by atoms with van der Waals surface area (Å²) in [6, 6.07) is 5.10. The van der Waals surface area contributed by atoms with Crippen molar-refractivity contribution >= 4 is 5.91 Å². The molecule has 0 aromatic heterocycles. The second-order valence-corrected chi connectivity index (χ2v) is 4.16. The van der Waals surface area contributed by atoms with Gasteiger partial charge >= 0.3 is 0 Å². The average molecular weight is 249 g/mol. The van der Waals surface area contributed by atoms with Crippen LogP contribution in [0.4, 0.5) is 4.39 Å². The molecule has 0 bridgehead atoms. The first-order chi connectivity index (χ1) is 8.49. The lowest BCUT2D eigenvalue weighted by Gasteiger charge is -2.20. The van der Waals surface area contributed by atoms with E-state index in [2.05, 4.69) is 5.32 Å². The summed E-state index contributed by atoms with van der Waals surface area (Å²) in [6.07, 6.45) is 0.829. The smallest absolute Gasteiger partial charge is 0.239 e. The third-order valence-electron chi connectivity index (χ3n) is 2.79. The lowest BCUT2D eigenvalue weighted by Crippen LogP contribution is -2.38. The van der Waals surface area contributed by atoms with E-state index in [0.717, 1.165) is 6.42 Å². The number of nitrogens with zero attached hydrogens (tertiary/aromatic N) is 1. The third-order valence-corrected chi connectivity index (χ3v) is 2.79. The van der Waals surface area contributed by atoms with Crippen LogP contribution in [0.15, 0.2) is 18.2 Å². The van der Waals surface area contributed by atoms with Crippen LogP contribution in [0.25, 0.3) is 0 Å². The second kappa shape index (κ2) is 6.12. The summed E-state index contributed by atoms with van der Waals surface area (Å²) in [5.41, 5.74) is 5.73. The molecule has 0 saturated heterocycles. The lowest BCUT2D eigenvalue weighted by atomic mass is 10.0. The van der Waals surface area contributed by atoms with Gasteiger partial charge in [-0.1, -0.05) is 13.0 Å². The number of nitrogens with two attached hydrogens (primary N) is 1. The summed E-state index contributed by atoms with van der Waals surface area (Å²) in [5, 5.41) is 11.8. The Morgan fingerprint density at radius 2 is 2.28 bits per heavy atom. The predicted octanol–water partition coefficient (Wildman–Crippen LogP) is 1.61. The van der Waals surface area contributed by atoms with Crippen LogP contribution in [0.1, 0.15) is 37.4 Å². The molecular weight excluding hydrogens is 233 g/mol. The van der Waals surface area contributed by atoms with Crippen molar-refractivity contribution in [2.75, 3.05) is 0 Å². The van der Waals surface area contributed by atoms with Gasteiger partial charge in [0.2, 0.25) is 5.91 Å². The van der Waals surface area contributed by atoms with E-state index in [1.54, 1.807) is 6.07 Å². The number of hydrogen-bond acceptors (Lipinski definition) is 3. The molecule has 0 radical (unpaired) electrons. The lowest BCUT2D eigenvalue weighted by molar-refractivity contribution is -0.120. The molecule has 0 heterocycles. The maximum Gasteiger partial charge on any atom is 0.239 e. The van der Waals surface area contributed by atoms with E-state index >= 15 is 0 Å². The van der Waals surface area contributed by atoms with Crippen molar-refractivity contribution in [2.24, 2.45) is 5.73 Å². The average Bonchev–Trinajstić information content (AvgIpc) is 2.36. The molecule has 2 atom stereocenters. The van der Waals surface area contributed by atoms with E-state index < -0.39 is 17.8 Å². The predicted molar refractivity (Wildman–Crippen MR) is 65.9 cm³/mol. The highest BCUT2D eigenvalue weighted by Gasteiger charge is 2.20. The van der Waals surface area contributed by atoms with Gasteiger partial charge in [-0.2, -0.15) is 5.26 Å². The molecule has 18 heavy (non-hydrogen) atoms. The van der Waals surface area contributed by atoms with E-state index in [9.17, 15) is 9.18 Å². The van der Waals surface area contributed by atoms with Crippen LogP contribution in [0.2, 0.25) is 0 Å². The normalized spacial score (nSPS) is 13.7. The van der Waals surface area contributed by atoms with Gasteiger partial charge in [-0.3, -0.25) is 10.1 Å². The zero-order chi connectivity index (χ0) is 13.7. The van der Waals surface area contributed by atoms with Crippen LogP contribution >= 0.6 is 0 Å². The molecule has 5 heteroatoms. The Hall–Kier alpha value is -1.93. The minimum Gasteiger partial charge on any atom is -0.368 e. The van der Waals surface area contributed by atoms with Crippen molar-refractivity contribution in [1.29, 1.82) is 5.26 Å².